The minimum atomic E-state index is 0.358. The Morgan fingerprint density at radius 2 is 1.92 bits per heavy atom. The van der Waals surface area contributed by atoms with Gasteiger partial charge in [0.05, 0.1) is 13.2 Å². The van der Waals surface area contributed by atoms with Crippen LogP contribution in [0.2, 0.25) is 0 Å². The van der Waals surface area contributed by atoms with Gasteiger partial charge in [0.25, 0.3) is 0 Å². The molecule has 0 N–H and O–H groups in total. The maximum atomic E-state index is 2.66. The van der Waals surface area contributed by atoms with E-state index < -0.39 is 0 Å². The lowest BCUT2D eigenvalue weighted by atomic mass is 10.4. The highest BCUT2D eigenvalue weighted by atomic mass is 31.1. The van der Waals surface area contributed by atoms with E-state index in [1.54, 1.807) is 0 Å². The first kappa shape index (κ1) is 7.69. The van der Waals surface area contributed by atoms with Gasteiger partial charge >= 0.3 is 0 Å². The summed E-state index contributed by atoms with van der Waals surface area (Å²) in [7, 11) is 0.358. The summed E-state index contributed by atoms with van der Waals surface area (Å²) in [4.78, 5) is 5.32. The van der Waals surface area contributed by atoms with Gasteiger partial charge in [-0.1, -0.05) is 0 Å². The van der Waals surface area contributed by atoms with E-state index in [2.05, 4.69) is 16.7 Å². The van der Waals surface area contributed by atoms with Gasteiger partial charge in [-0.05, 0) is 14.8 Å². The molecule has 0 spiro atoms. The Hall–Kier alpha value is 0.310. The summed E-state index contributed by atoms with van der Waals surface area (Å²) in [6, 6.07) is 0. The van der Waals surface area contributed by atoms with Gasteiger partial charge in [-0.3, -0.25) is 4.48 Å². The average Bonchev–Trinajstić information content (AvgIpc) is 2.02. The Bertz CT molecular complexity index is 171. The average molecular weight is 186 g/mol. The Kier molecular flexibility index (Phi) is 1.55. The third kappa shape index (κ3) is 0.973. The van der Waals surface area contributed by atoms with E-state index in [0.717, 1.165) is 0 Å². The van der Waals surface area contributed by atoms with E-state index in [-0.39, 0.29) is 0 Å². The van der Waals surface area contributed by atoms with E-state index in [1.807, 2.05) is 0 Å². The van der Waals surface area contributed by atoms with Gasteiger partial charge in [0.15, 0.2) is 0 Å². The summed E-state index contributed by atoms with van der Waals surface area (Å²) in [5.41, 5.74) is 0. The van der Waals surface area contributed by atoms with Crippen LogP contribution in [0.1, 0.15) is 6.92 Å². The Balaban J connectivity index is 1.90. The number of hydrogen-bond acceptors (Lipinski definition) is 2. The van der Waals surface area contributed by atoms with Crippen molar-refractivity contribution in [3.05, 3.63) is 0 Å². The fraction of sp³-hybridized carbons (Fsp3) is 1.00. The molecule has 2 atom stereocenters. The van der Waals surface area contributed by atoms with Crippen LogP contribution in [-0.4, -0.2) is 59.7 Å². The van der Waals surface area contributed by atoms with Crippen molar-refractivity contribution in [3.8, 4) is 0 Å². The van der Waals surface area contributed by atoms with Crippen LogP contribution in [0.5, 0.6) is 0 Å². The van der Waals surface area contributed by atoms with E-state index >= 15 is 0 Å². The molecule has 4 fully saturated rings. The molecule has 4 rings (SSSR count). The Morgan fingerprint density at radius 1 is 1.25 bits per heavy atom. The number of nitrogens with zero attached hydrogens (tertiary/aromatic N) is 3. The number of quaternary nitrogens is 1. The van der Waals surface area contributed by atoms with Crippen LogP contribution < -0.4 is 0 Å². The molecule has 4 aliphatic heterocycles. The molecule has 0 aromatic carbocycles. The lowest BCUT2D eigenvalue weighted by Gasteiger charge is -2.59. The van der Waals surface area contributed by atoms with E-state index in [4.69, 9.17) is 0 Å². The summed E-state index contributed by atoms with van der Waals surface area (Å²) >= 11 is 0. The van der Waals surface area contributed by atoms with Crippen molar-refractivity contribution >= 4 is 7.92 Å². The second-order valence-corrected chi connectivity index (χ2v) is 6.71. The second-order valence-electron chi connectivity index (χ2n) is 4.52. The zero-order valence-electron chi connectivity index (χ0n) is 7.74. The maximum Gasteiger partial charge on any atom is 0.137 e. The highest BCUT2D eigenvalue weighted by Crippen LogP contribution is 2.50. The molecule has 3 nitrogen and oxygen atoms in total. The summed E-state index contributed by atoms with van der Waals surface area (Å²) in [6.45, 7) is 7.63. The summed E-state index contributed by atoms with van der Waals surface area (Å²) < 4.78 is 1.38. The third-order valence-corrected chi connectivity index (χ3v) is 5.97. The van der Waals surface area contributed by atoms with Gasteiger partial charge in [0.1, 0.15) is 19.6 Å². The van der Waals surface area contributed by atoms with Gasteiger partial charge < -0.3 is 0 Å². The third-order valence-electron chi connectivity index (χ3n) is 3.37. The molecule has 4 aliphatic rings. The highest BCUT2D eigenvalue weighted by molar-refractivity contribution is 7.57. The first-order valence-corrected chi connectivity index (χ1v) is 6.72. The summed E-state index contributed by atoms with van der Waals surface area (Å²) in [6.07, 6.45) is 4.39. The van der Waals surface area contributed by atoms with Crippen molar-refractivity contribution < 1.29 is 4.48 Å². The largest absolute Gasteiger partial charge is 0.295 e. The van der Waals surface area contributed by atoms with Crippen LogP contribution in [0.15, 0.2) is 0 Å². The molecule has 0 aromatic heterocycles. The molecule has 0 radical (unpaired) electrons. The fourth-order valence-electron chi connectivity index (χ4n) is 2.96. The maximum absolute atomic E-state index is 2.66. The summed E-state index contributed by atoms with van der Waals surface area (Å²) in [5, 5.41) is 0. The zero-order valence-corrected chi connectivity index (χ0v) is 8.63. The van der Waals surface area contributed by atoms with Crippen LogP contribution in [-0.2, 0) is 0 Å². The fourth-order valence-corrected chi connectivity index (χ4v) is 5.94. The molecular formula is C8H17N3P+. The van der Waals surface area contributed by atoms with E-state index in [9.17, 15) is 0 Å². The van der Waals surface area contributed by atoms with Crippen LogP contribution in [0.25, 0.3) is 0 Å². The summed E-state index contributed by atoms with van der Waals surface area (Å²) in [5.74, 6) is 0. The first-order valence-electron chi connectivity index (χ1n) is 4.82. The van der Waals surface area contributed by atoms with Crippen LogP contribution >= 0.6 is 7.92 Å². The molecule has 0 saturated carbocycles. The molecule has 0 aromatic rings. The van der Waals surface area contributed by atoms with Gasteiger partial charge in [-0.15, -0.1) is 0 Å². The quantitative estimate of drug-likeness (QED) is 0.439. The number of rotatable bonds is 1. The lowest BCUT2D eigenvalue weighted by molar-refractivity contribution is -0.946. The first-order chi connectivity index (χ1) is 5.80. The van der Waals surface area contributed by atoms with Gasteiger partial charge in [-0.2, -0.15) is 0 Å². The lowest BCUT2D eigenvalue weighted by Crippen LogP contribution is -2.71. The smallest absolute Gasteiger partial charge is 0.137 e. The normalized spacial score (nSPS) is 56.2. The van der Waals surface area contributed by atoms with Crippen LogP contribution in [0.3, 0.4) is 0 Å². The van der Waals surface area contributed by atoms with Crippen molar-refractivity contribution in [2.24, 2.45) is 0 Å². The molecule has 0 amide bonds. The molecule has 2 unspecified atom stereocenters. The molecule has 4 bridgehead atoms. The van der Waals surface area contributed by atoms with Gasteiger partial charge in [0, 0.05) is 12.6 Å². The van der Waals surface area contributed by atoms with Crippen molar-refractivity contribution in [2.45, 2.75) is 6.92 Å². The van der Waals surface area contributed by atoms with Crippen molar-refractivity contribution in [1.82, 2.24) is 9.80 Å². The highest BCUT2D eigenvalue weighted by Gasteiger charge is 2.48. The van der Waals surface area contributed by atoms with Gasteiger partial charge in [0.2, 0.25) is 0 Å². The minimum absolute atomic E-state index is 0.358. The minimum Gasteiger partial charge on any atom is -0.295 e. The zero-order chi connectivity index (χ0) is 8.18. The molecule has 4 saturated heterocycles. The Labute approximate surface area is 75.3 Å². The van der Waals surface area contributed by atoms with E-state index in [1.165, 1.54) is 49.9 Å². The predicted molar refractivity (Wildman–Crippen MR) is 50.6 cm³/mol. The van der Waals surface area contributed by atoms with Gasteiger partial charge in [-0.25, -0.2) is 9.80 Å². The van der Waals surface area contributed by atoms with Crippen molar-refractivity contribution in [2.75, 3.05) is 45.4 Å². The van der Waals surface area contributed by atoms with Crippen LogP contribution in [0, 0.1) is 0 Å². The standard InChI is InChI=1S/C8H17N3P/c1-2-11-4-9-3-10(5-11)7-12(6-9)8-11/h2-8H2,1H3/q+1. The topological polar surface area (TPSA) is 6.48 Å². The van der Waals surface area contributed by atoms with Crippen LogP contribution in [0.4, 0.5) is 0 Å². The predicted octanol–water partition coefficient (Wildman–Crippen LogP) is 0.695. The van der Waals surface area contributed by atoms with Crippen molar-refractivity contribution in [1.29, 1.82) is 0 Å². The Morgan fingerprint density at radius 3 is 2.42 bits per heavy atom. The molecule has 4 heteroatoms. The molecular weight excluding hydrogens is 169 g/mol. The SMILES string of the molecule is CC[N+]12CN3CN(CP(C3)C1)C2. The van der Waals surface area contributed by atoms with Crippen molar-refractivity contribution in [3.63, 3.8) is 0 Å². The molecule has 68 valence electrons. The number of hydrogen-bond donors (Lipinski definition) is 0. The molecule has 12 heavy (non-hydrogen) atoms. The molecule has 4 heterocycles. The monoisotopic (exact) mass is 186 g/mol. The molecule has 0 aliphatic carbocycles. The second kappa shape index (κ2) is 2.42. The van der Waals surface area contributed by atoms with E-state index in [0.29, 0.717) is 7.92 Å².